The number of hydrogen-bond donors (Lipinski definition) is 1. The lowest BCUT2D eigenvalue weighted by Crippen LogP contribution is -2.53. The van der Waals surface area contributed by atoms with Gasteiger partial charge < -0.3 is 19.7 Å². The van der Waals surface area contributed by atoms with Crippen molar-refractivity contribution in [3.63, 3.8) is 0 Å². The number of likely N-dealkylation sites (N-methyl/N-ethyl adjacent to an activating group) is 1. The van der Waals surface area contributed by atoms with Crippen LogP contribution >= 0.6 is 0 Å². The molecule has 0 radical (unpaired) electrons. The summed E-state index contributed by atoms with van der Waals surface area (Å²) in [6.45, 7) is 0.757. The molecule has 1 aliphatic rings. The molecule has 1 fully saturated rings. The van der Waals surface area contributed by atoms with Crippen LogP contribution in [0.2, 0.25) is 0 Å². The normalized spacial score (nSPS) is 21.3. The van der Waals surface area contributed by atoms with Gasteiger partial charge >= 0.3 is 0 Å². The molecule has 0 bridgehead atoms. The Hall–Kier alpha value is -1.99. The molecule has 0 spiro atoms. The molecule has 0 aromatic heterocycles. The van der Waals surface area contributed by atoms with Crippen molar-refractivity contribution in [3.8, 4) is 0 Å². The molecule has 1 aliphatic heterocycles. The van der Waals surface area contributed by atoms with Gasteiger partial charge in [-0.25, -0.2) is 4.39 Å². The minimum Gasteiger partial charge on any atom is -0.385 e. The molecular weight excluding hydrogens is 303 g/mol. The van der Waals surface area contributed by atoms with Crippen molar-refractivity contribution in [2.45, 2.75) is 18.6 Å². The molecule has 2 atom stereocenters. The fraction of sp³-hybridized carbons (Fsp3) is 0.500. The van der Waals surface area contributed by atoms with Crippen LogP contribution in [0.3, 0.4) is 0 Å². The Balaban J connectivity index is 2.17. The van der Waals surface area contributed by atoms with Gasteiger partial charge in [0.2, 0.25) is 5.91 Å². The molecule has 0 aliphatic carbocycles. The van der Waals surface area contributed by atoms with E-state index in [1.807, 2.05) is 0 Å². The van der Waals surface area contributed by atoms with E-state index >= 15 is 0 Å². The highest BCUT2D eigenvalue weighted by Gasteiger charge is 2.41. The van der Waals surface area contributed by atoms with Gasteiger partial charge in [0.05, 0.1) is 6.04 Å². The number of hydrogen-bond acceptors (Lipinski definition) is 4. The summed E-state index contributed by atoms with van der Waals surface area (Å²) in [5.41, 5.74) is 0.264. The van der Waals surface area contributed by atoms with Gasteiger partial charge in [0.1, 0.15) is 12.4 Å². The smallest absolute Gasteiger partial charge is 0.251 e. The van der Waals surface area contributed by atoms with E-state index in [1.165, 1.54) is 11.0 Å². The van der Waals surface area contributed by atoms with Crippen LogP contribution in [0.15, 0.2) is 24.3 Å². The molecule has 1 aromatic rings. The number of benzene rings is 1. The lowest BCUT2D eigenvalue weighted by atomic mass is 9.97. The lowest BCUT2D eigenvalue weighted by Gasteiger charge is -2.38. The van der Waals surface area contributed by atoms with Crippen LogP contribution in [0.5, 0.6) is 0 Å². The third-order valence-corrected chi connectivity index (χ3v) is 3.79. The van der Waals surface area contributed by atoms with Crippen molar-refractivity contribution in [3.05, 3.63) is 35.6 Å². The maximum absolute atomic E-state index is 14.1. The molecular formula is C16H21FN2O4. The van der Waals surface area contributed by atoms with Gasteiger partial charge in [-0.15, -0.1) is 0 Å². The van der Waals surface area contributed by atoms with Crippen LogP contribution in [0, 0.1) is 5.82 Å². The molecule has 2 amide bonds. The van der Waals surface area contributed by atoms with Crippen LogP contribution < -0.4 is 5.32 Å². The highest BCUT2D eigenvalue weighted by molar-refractivity contribution is 5.86. The van der Waals surface area contributed by atoms with Gasteiger partial charge in [0.15, 0.2) is 6.10 Å². The maximum Gasteiger partial charge on any atom is 0.251 e. The Morgan fingerprint density at radius 1 is 1.48 bits per heavy atom. The summed E-state index contributed by atoms with van der Waals surface area (Å²) in [5, 5.41) is 2.74. The fourth-order valence-electron chi connectivity index (χ4n) is 2.55. The Bertz CT molecular complexity index is 567. The predicted molar refractivity (Wildman–Crippen MR) is 81.2 cm³/mol. The summed E-state index contributed by atoms with van der Waals surface area (Å²) < 4.78 is 24.4. The first-order valence-electron chi connectivity index (χ1n) is 7.44. The van der Waals surface area contributed by atoms with Crippen LogP contribution in [0.1, 0.15) is 18.0 Å². The van der Waals surface area contributed by atoms with Gasteiger partial charge in [-0.3, -0.25) is 9.59 Å². The number of rotatable bonds is 6. The van der Waals surface area contributed by atoms with Crippen molar-refractivity contribution >= 4 is 11.8 Å². The fourth-order valence-corrected chi connectivity index (χ4v) is 2.55. The van der Waals surface area contributed by atoms with Gasteiger partial charge in [0.25, 0.3) is 5.91 Å². The van der Waals surface area contributed by atoms with Gasteiger partial charge in [-0.2, -0.15) is 0 Å². The zero-order valence-corrected chi connectivity index (χ0v) is 13.3. The monoisotopic (exact) mass is 324 g/mol. The third-order valence-electron chi connectivity index (χ3n) is 3.79. The van der Waals surface area contributed by atoms with Gasteiger partial charge in [-0.1, -0.05) is 18.2 Å². The summed E-state index contributed by atoms with van der Waals surface area (Å²) in [6.07, 6.45) is -0.286. The van der Waals surface area contributed by atoms with Gasteiger partial charge in [0, 0.05) is 32.9 Å². The van der Waals surface area contributed by atoms with Crippen molar-refractivity contribution in [2.24, 2.45) is 0 Å². The van der Waals surface area contributed by atoms with Crippen LogP contribution in [0.4, 0.5) is 4.39 Å². The van der Waals surface area contributed by atoms with E-state index in [0.717, 1.165) is 0 Å². The van der Waals surface area contributed by atoms with E-state index in [1.54, 1.807) is 32.4 Å². The summed E-state index contributed by atoms with van der Waals surface area (Å²) in [6, 6.07) is 5.29. The average Bonchev–Trinajstić information content (AvgIpc) is 2.55. The van der Waals surface area contributed by atoms with E-state index in [0.29, 0.717) is 19.6 Å². The van der Waals surface area contributed by atoms with Crippen molar-refractivity contribution in [2.75, 3.05) is 33.9 Å². The Labute approximate surface area is 134 Å². The number of nitrogens with one attached hydrogen (secondary N) is 1. The number of ether oxygens (including phenoxy) is 2. The number of halogens is 1. The lowest BCUT2D eigenvalue weighted by molar-refractivity contribution is -0.162. The van der Waals surface area contributed by atoms with Crippen molar-refractivity contribution < 1.29 is 23.5 Å². The molecule has 1 N–H and O–H groups in total. The third kappa shape index (κ3) is 4.05. The van der Waals surface area contributed by atoms with E-state index in [9.17, 15) is 14.0 Å². The van der Waals surface area contributed by atoms with Crippen molar-refractivity contribution in [1.29, 1.82) is 0 Å². The van der Waals surface area contributed by atoms with E-state index in [-0.39, 0.29) is 24.0 Å². The van der Waals surface area contributed by atoms with Crippen LogP contribution in [0.25, 0.3) is 0 Å². The minimum absolute atomic E-state index is 0.197. The van der Waals surface area contributed by atoms with E-state index in [4.69, 9.17) is 9.47 Å². The summed E-state index contributed by atoms with van der Waals surface area (Å²) in [7, 11) is 3.13. The van der Waals surface area contributed by atoms with E-state index in [2.05, 4.69) is 5.32 Å². The highest BCUT2D eigenvalue weighted by Crippen LogP contribution is 2.30. The molecule has 1 aromatic carbocycles. The molecule has 7 heteroatoms. The Kier molecular flexibility index (Phi) is 6.06. The number of carbonyl (C=O) groups excluding carboxylic acids is 2. The zero-order chi connectivity index (χ0) is 16.8. The largest absolute Gasteiger partial charge is 0.385 e. The number of morpholine rings is 1. The first-order valence-corrected chi connectivity index (χ1v) is 7.44. The minimum atomic E-state index is -0.947. The number of methoxy groups -OCH3 is 1. The molecule has 23 heavy (non-hydrogen) atoms. The summed E-state index contributed by atoms with van der Waals surface area (Å²) in [5.74, 6) is -1.13. The molecule has 2 rings (SSSR count). The number of amides is 2. The maximum atomic E-state index is 14.1. The summed E-state index contributed by atoms with van der Waals surface area (Å²) >= 11 is 0. The van der Waals surface area contributed by atoms with Crippen molar-refractivity contribution in [1.82, 2.24) is 10.2 Å². The van der Waals surface area contributed by atoms with Crippen LogP contribution in [-0.4, -0.2) is 56.7 Å². The molecule has 0 saturated carbocycles. The van der Waals surface area contributed by atoms with E-state index < -0.39 is 18.0 Å². The first kappa shape index (κ1) is 17.4. The zero-order valence-electron chi connectivity index (χ0n) is 13.3. The molecule has 2 unspecified atom stereocenters. The SMILES string of the molecule is COCCCNC(=O)C1OCC(=O)N(C)C1c1ccccc1F. The average molecular weight is 324 g/mol. The number of carbonyl (C=O) groups is 2. The highest BCUT2D eigenvalue weighted by atomic mass is 19.1. The molecule has 126 valence electrons. The first-order chi connectivity index (χ1) is 11.1. The number of nitrogens with zero attached hydrogens (tertiary/aromatic N) is 1. The molecule has 1 heterocycles. The van der Waals surface area contributed by atoms with Gasteiger partial charge in [-0.05, 0) is 12.5 Å². The molecule has 1 saturated heterocycles. The predicted octanol–water partition coefficient (Wildman–Crippen LogP) is 0.877. The topological polar surface area (TPSA) is 67.9 Å². The van der Waals surface area contributed by atoms with Crippen LogP contribution in [-0.2, 0) is 19.1 Å². The summed E-state index contributed by atoms with van der Waals surface area (Å²) in [4.78, 5) is 25.6. The second-order valence-corrected chi connectivity index (χ2v) is 5.34. The quantitative estimate of drug-likeness (QED) is 0.789. The second kappa shape index (κ2) is 8.03. The molecule has 6 nitrogen and oxygen atoms in total. The standard InChI is InChI=1S/C16H21FN2O4/c1-19-13(20)10-23-15(16(21)18-8-5-9-22-2)14(19)11-6-3-4-7-12(11)17/h3-4,6-7,14-15H,5,8-10H2,1-2H3,(H,18,21). The Morgan fingerprint density at radius 3 is 2.91 bits per heavy atom. The Morgan fingerprint density at radius 2 is 2.22 bits per heavy atom. The second-order valence-electron chi connectivity index (χ2n) is 5.34.